The van der Waals surface area contributed by atoms with Crippen LogP contribution in [-0.2, 0) is 13.5 Å². The van der Waals surface area contributed by atoms with Crippen LogP contribution in [0.5, 0.6) is 0 Å². The number of rotatable bonds is 4. The number of hydrogen-bond donors (Lipinski definition) is 1. The summed E-state index contributed by atoms with van der Waals surface area (Å²) in [6.45, 7) is 0.631. The van der Waals surface area contributed by atoms with Crippen molar-refractivity contribution in [2.45, 2.75) is 6.42 Å². The van der Waals surface area contributed by atoms with E-state index in [1.807, 2.05) is 11.6 Å². The number of nitrogens with one attached hydrogen (secondary N) is 1. The van der Waals surface area contributed by atoms with Gasteiger partial charge >= 0.3 is 0 Å². The van der Waals surface area contributed by atoms with Gasteiger partial charge in [0.25, 0.3) is 0 Å². The quantitative estimate of drug-likeness (QED) is 0.874. The highest BCUT2D eigenvalue weighted by molar-refractivity contribution is 9.10. The van der Waals surface area contributed by atoms with Gasteiger partial charge in [-0.25, -0.2) is 15.0 Å². The van der Waals surface area contributed by atoms with Crippen molar-refractivity contribution in [3.05, 3.63) is 35.0 Å². The van der Waals surface area contributed by atoms with Crippen LogP contribution in [0.3, 0.4) is 0 Å². The van der Waals surface area contributed by atoms with Crippen LogP contribution in [0.15, 0.2) is 23.3 Å². The van der Waals surface area contributed by atoms with Crippen molar-refractivity contribution in [1.29, 1.82) is 0 Å². The summed E-state index contributed by atoms with van der Waals surface area (Å²) in [7, 11) is 1.91. The maximum absolute atomic E-state index is 12.8. The van der Waals surface area contributed by atoms with Gasteiger partial charge in [0.05, 0.1) is 12.0 Å². The lowest BCUT2D eigenvalue weighted by molar-refractivity contribution is 0.580. The number of aryl methyl sites for hydroxylation is 1. The maximum Gasteiger partial charge on any atom is 0.217 e. The molecule has 2 rings (SSSR count). The van der Waals surface area contributed by atoms with E-state index in [1.54, 1.807) is 6.33 Å². The minimum atomic E-state index is -0.540. The number of anilines is 1. The molecule has 7 heteroatoms. The van der Waals surface area contributed by atoms with Gasteiger partial charge in [-0.3, -0.25) is 0 Å². The van der Waals surface area contributed by atoms with E-state index >= 15 is 0 Å². The van der Waals surface area contributed by atoms with Crippen LogP contribution < -0.4 is 5.32 Å². The Bertz CT molecular complexity index is 513. The standard InChI is InChI=1S/C10H11BrFN5/c1-17-6-16-7(10(17)11)2-3-13-9-4-8(12)14-5-15-9/h4-6H,2-3H2,1H3,(H,13,14,15). The molecule has 90 valence electrons. The van der Waals surface area contributed by atoms with E-state index in [0.717, 1.165) is 16.7 Å². The molecule has 0 unspecified atom stereocenters. The predicted molar refractivity (Wildman–Crippen MR) is 65.1 cm³/mol. The van der Waals surface area contributed by atoms with Crippen molar-refractivity contribution < 1.29 is 4.39 Å². The van der Waals surface area contributed by atoms with E-state index in [-0.39, 0.29) is 0 Å². The Kier molecular flexibility index (Phi) is 3.68. The van der Waals surface area contributed by atoms with Gasteiger partial charge < -0.3 is 9.88 Å². The van der Waals surface area contributed by atoms with Crippen LogP contribution in [0.4, 0.5) is 10.2 Å². The van der Waals surface area contributed by atoms with Crippen molar-refractivity contribution in [3.8, 4) is 0 Å². The Morgan fingerprint density at radius 1 is 1.41 bits per heavy atom. The first-order valence-corrected chi connectivity index (χ1v) is 5.83. The third-order valence-electron chi connectivity index (χ3n) is 2.24. The molecule has 1 N–H and O–H groups in total. The molecule has 0 spiro atoms. The van der Waals surface area contributed by atoms with Gasteiger partial charge in [0, 0.05) is 26.1 Å². The van der Waals surface area contributed by atoms with Gasteiger partial charge in [0.1, 0.15) is 16.7 Å². The van der Waals surface area contributed by atoms with Crippen LogP contribution in [0, 0.1) is 5.95 Å². The highest BCUT2D eigenvalue weighted by atomic mass is 79.9. The summed E-state index contributed by atoms with van der Waals surface area (Å²) in [6.07, 6.45) is 3.66. The highest BCUT2D eigenvalue weighted by Crippen LogP contribution is 2.14. The van der Waals surface area contributed by atoms with Crippen LogP contribution in [0.1, 0.15) is 5.69 Å². The largest absolute Gasteiger partial charge is 0.369 e. The molecule has 0 fully saturated rings. The molecule has 0 aliphatic carbocycles. The molecule has 0 atom stereocenters. The molecule has 0 aliphatic heterocycles. The summed E-state index contributed by atoms with van der Waals surface area (Å²) in [5.41, 5.74) is 0.953. The first-order valence-electron chi connectivity index (χ1n) is 5.04. The third-order valence-corrected chi connectivity index (χ3v) is 3.25. The fraction of sp³-hybridized carbons (Fsp3) is 0.300. The smallest absolute Gasteiger partial charge is 0.217 e. The summed E-state index contributed by atoms with van der Waals surface area (Å²) < 4.78 is 15.6. The SMILES string of the molecule is Cn1cnc(CCNc2cc(F)ncn2)c1Br. The molecular weight excluding hydrogens is 289 g/mol. The van der Waals surface area contributed by atoms with Gasteiger partial charge in [-0.15, -0.1) is 0 Å². The molecule has 0 radical (unpaired) electrons. The minimum Gasteiger partial charge on any atom is -0.369 e. The Morgan fingerprint density at radius 2 is 2.24 bits per heavy atom. The molecule has 2 heterocycles. The fourth-order valence-corrected chi connectivity index (χ4v) is 1.76. The van der Waals surface area contributed by atoms with Crippen LogP contribution in [-0.4, -0.2) is 26.1 Å². The van der Waals surface area contributed by atoms with Gasteiger partial charge in [-0.2, -0.15) is 4.39 Å². The lowest BCUT2D eigenvalue weighted by Crippen LogP contribution is -2.07. The van der Waals surface area contributed by atoms with E-state index in [1.165, 1.54) is 12.4 Å². The molecule has 0 aromatic carbocycles. The van der Waals surface area contributed by atoms with Gasteiger partial charge in [0.2, 0.25) is 5.95 Å². The van der Waals surface area contributed by atoms with Gasteiger partial charge in [-0.1, -0.05) is 0 Å². The monoisotopic (exact) mass is 299 g/mol. The number of halogens is 2. The Hall–Kier alpha value is -1.50. The Labute approximate surface area is 106 Å². The van der Waals surface area contributed by atoms with Crippen molar-refractivity contribution >= 4 is 21.7 Å². The lowest BCUT2D eigenvalue weighted by Gasteiger charge is -2.04. The zero-order valence-electron chi connectivity index (χ0n) is 9.19. The maximum atomic E-state index is 12.8. The molecule has 0 aliphatic rings. The molecule has 2 aromatic heterocycles. The number of hydrogen-bond acceptors (Lipinski definition) is 4. The Morgan fingerprint density at radius 3 is 2.88 bits per heavy atom. The van der Waals surface area contributed by atoms with Gasteiger partial charge in [-0.05, 0) is 15.9 Å². The number of nitrogens with zero attached hydrogens (tertiary/aromatic N) is 4. The molecule has 5 nitrogen and oxygen atoms in total. The molecule has 0 saturated carbocycles. The molecule has 0 saturated heterocycles. The first-order chi connectivity index (χ1) is 8.16. The van der Waals surface area contributed by atoms with Crippen LogP contribution in [0.25, 0.3) is 0 Å². The number of imidazole rings is 1. The summed E-state index contributed by atoms with van der Waals surface area (Å²) in [6, 6.07) is 1.26. The van der Waals surface area contributed by atoms with E-state index in [4.69, 9.17) is 0 Å². The second-order valence-electron chi connectivity index (χ2n) is 3.50. The van der Waals surface area contributed by atoms with Crippen molar-refractivity contribution in [2.75, 3.05) is 11.9 Å². The zero-order chi connectivity index (χ0) is 12.3. The summed E-state index contributed by atoms with van der Waals surface area (Å²) in [4.78, 5) is 11.5. The zero-order valence-corrected chi connectivity index (χ0v) is 10.8. The Balaban J connectivity index is 1.90. The molecular formula is C10H11BrFN5. The number of aromatic nitrogens is 4. The van der Waals surface area contributed by atoms with Gasteiger partial charge in [0.15, 0.2) is 0 Å². The van der Waals surface area contributed by atoms with E-state index < -0.39 is 5.95 Å². The van der Waals surface area contributed by atoms with E-state index in [0.29, 0.717) is 12.4 Å². The first kappa shape index (κ1) is 12.0. The molecule has 0 amide bonds. The van der Waals surface area contributed by atoms with Crippen molar-refractivity contribution in [2.24, 2.45) is 7.05 Å². The predicted octanol–water partition coefficient (Wildman–Crippen LogP) is 1.77. The summed E-state index contributed by atoms with van der Waals surface area (Å²) in [5.74, 6) is -0.0638. The average Bonchev–Trinajstić information content (AvgIpc) is 2.61. The lowest BCUT2D eigenvalue weighted by atomic mass is 10.3. The molecule has 17 heavy (non-hydrogen) atoms. The van der Waals surface area contributed by atoms with Crippen molar-refractivity contribution in [3.63, 3.8) is 0 Å². The van der Waals surface area contributed by atoms with Crippen molar-refractivity contribution in [1.82, 2.24) is 19.5 Å². The second kappa shape index (κ2) is 5.22. The topological polar surface area (TPSA) is 55.6 Å². The molecule has 2 aromatic rings. The van der Waals surface area contributed by atoms with E-state index in [9.17, 15) is 4.39 Å². The fourth-order valence-electron chi connectivity index (χ4n) is 1.37. The average molecular weight is 300 g/mol. The van der Waals surface area contributed by atoms with Crippen LogP contribution >= 0.6 is 15.9 Å². The summed E-state index contributed by atoms with van der Waals surface area (Å²) in [5, 5.41) is 3.01. The highest BCUT2D eigenvalue weighted by Gasteiger charge is 2.05. The normalized spacial score (nSPS) is 10.5. The third kappa shape index (κ3) is 3.00. The molecule has 0 bridgehead atoms. The minimum absolute atomic E-state index is 0.476. The van der Waals surface area contributed by atoms with E-state index in [2.05, 4.69) is 36.2 Å². The summed E-state index contributed by atoms with van der Waals surface area (Å²) >= 11 is 3.44. The van der Waals surface area contributed by atoms with Crippen LogP contribution in [0.2, 0.25) is 0 Å². The second-order valence-corrected chi connectivity index (χ2v) is 4.25.